The van der Waals surface area contributed by atoms with Crippen LogP contribution in [0.15, 0.2) is 0 Å². The van der Waals surface area contributed by atoms with Crippen molar-refractivity contribution in [1.29, 1.82) is 0 Å². The van der Waals surface area contributed by atoms with E-state index >= 15 is 0 Å². The van der Waals surface area contributed by atoms with Crippen molar-refractivity contribution < 1.29 is 24.9 Å². The van der Waals surface area contributed by atoms with Crippen LogP contribution in [0.25, 0.3) is 0 Å². The van der Waals surface area contributed by atoms with Crippen LogP contribution in [0.2, 0.25) is 0 Å². The molecule has 12 heavy (non-hydrogen) atoms. The van der Waals surface area contributed by atoms with Gasteiger partial charge in [-0.3, -0.25) is 0 Å². The van der Waals surface area contributed by atoms with Crippen molar-refractivity contribution in [3.8, 4) is 0 Å². The molecule has 0 radical (unpaired) electrons. The van der Waals surface area contributed by atoms with Crippen molar-refractivity contribution >= 4 is 27.9 Å². The minimum absolute atomic E-state index is 0.417. The third-order valence-electron chi connectivity index (χ3n) is 0. The van der Waals surface area contributed by atoms with Crippen molar-refractivity contribution in [2.45, 2.75) is 39.9 Å². The number of hydrogen-bond acceptors (Lipinski definition) is 2. The van der Waals surface area contributed by atoms with Gasteiger partial charge in [-0.05, 0) is 0 Å². The Bertz CT molecular complexity index is 49.3. The zero-order chi connectivity index (χ0) is 10.7. The Morgan fingerprint density at radius 1 is 0.833 bits per heavy atom. The van der Waals surface area contributed by atoms with Crippen LogP contribution in [-0.2, 0) is 14.7 Å². The summed E-state index contributed by atoms with van der Waals surface area (Å²) in [4.78, 5) is 0. The molecule has 0 aromatic carbocycles. The van der Waals surface area contributed by atoms with E-state index in [1.54, 1.807) is 27.7 Å². The normalized spacial score (nSPS) is 8.25. The molecule has 0 fully saturated rings. The van der Waals surface area contributed by atoms with Gasteiger partial charge in [-0.1, -0.05) is 27.7 Å². The summed E-state index contributed by atoms with van der Waals surface area (Å²) in [5.74, 6) is 0. The van der Waals surface area contributed by atoms with Gasteiger partial charge in [0.2, 0.25) is 0 Å². The second kappa shape index (κ2) is 15.0. The predicted molar refractivity (Wildman–Crippen MR) is 47.8 cm³/mol. The van der Waals surface area contributed by atoms with Crippen LogP contribution in [0.1, 0.15) is 27.7 Å². The van der Waals surface area contributed by atoms with Crippen molar-refractivity contribution in [1.82, 2.24) is 0 Å². The monoisotopic (exact) mass is 271 g/mol. The third kappa shape index (κ3) is 561. The fourth-order valence-electron chi connectivity index (χ4n) is 0. The van der Waals surface area contributed by atoms with E-state index in [4.69, 9.17) is 27.9 Å². The minimum atomic E-state index is -1.92. The van der Waals surface area contributed by atoms with E-state index in [-0.39, 0.29) is 0 Å². The molecule has 0 aliphatic heterocycles. The van der Waals surface area contributed by atoms with Crippen LogP contribution in [0.5, 0.6) is 0 Å². The van der Waals surface area contributed by atoms with Crippen LogP contribution in [0.3, 0.4) is 0 Å². The van der Waals surface area contributed by atoms with Gasteiger partial charge in [0.15, 0.2) is 0 Å². The molecule has 0 N–H and O–H groups in total. The van der Waals surface area contributed by atoms with Crippen molar-refractivity contribution in [3.63, 3.8) is 0 Å². The van der Waals surface area contributed by atoms with Gasteiger partial charge in [-0.25, -0.2) is 0 Å². The second-order valence-electron chi connectivity index (χ2n) is 2.31. The maximum atomic E-state index is 9.53. The Hall–Kier alpha value is 1.50. The van der Waals surface area contributed by atoms with Gasteiger partial charge in [-0.15, -0.1) is 12.2 Å². The van der Waals surface area contributed by atoms with E-state index in [9.17, 15) is 10.2 Å². The molecule has 0 rings (SSSR count). The second-order valence-corrected chi connectivity index (χ2v) is 10.0. The third-order valence-corrected chi connectivity index (χ3v) is 0. The molecule has 0 unspecified atom stereocenters. The summed E-state index contributed by atoms with van der Waals surface area (Å²) in [6, 6.07) is 0. The van der Waals surface area contributed by atoms with E-state index in [1.807, 2.05) is 0 Å². The molecular formula is C6H14Cl3O2Ti. The average Bonchev–Trinajstić information content (AvgIpc) is 1.54. The summed E-state index contributed by atoms with van der Waals surface area (Å²) < 4.78 is 0. The number of halogens is 3. The van der Waals surface area contributed by atoms with Crippen LogP contribution >= 0.6 is 27.9 Å². The molecule has 0 aromatic rings. The fraction of sp³-hybridized carbons (Fsp3) is 1.00. The zero-order valence-corrected chi connectivity index (χ0v) is 11.4. The van der Waals surface area contributed by atoms with E-state index in [1.165, 1.54) is 0 Å². The molecular weight excluding hydrogens is 258 g/mol. The Kier molecular flexibility index (Phi) is 23.9. The van der Waals surface area contributed by atoms with Gasteiger partial charge in [0.25, 0.3) is 0 Å². The number of hydrogen-bond donors (Lipinski definition) is 0. The van der Waals surface area contributed by atoms with Crippen molar-refractivity contribution in [2.24, 2.45) is 0 Å². The molecule has 0 saturated carbocycles. The summed E-state index contributed by atoms with van der Waals surface area (Å²) in [6.07, 6.45) is -0.833. The molecule has 75 valence electrons. The van der Waals surface area contributed by atoms with E-state index in [0.29, 0.717) is 0 Å². The molecule has 0 aliphatic carbocycles. The fourth-order valence-corrected chi connectivity index (χ4v) is 0. The Morgan fingerprint density at radius 3 is 0.833 bits per heavy atom. The molecule has 0 spiro atoms. The van der Waals surface area contributed by atoms with Crippen molar-refractivity contribution in [2.75, 3.05) is 0 Å². The Labute approximate surface area is 92.3 Å². The topological polar surface area (TPSA) is 46.1 Å². The quantitative estimate of drug-likeness (QED) is 0.628. The summed E-state index contributed by atoms with van der Waals surface area (Å²) in [5.41, 5.74) is 0. The standard InChI is InChI=1S/2C3H7O.3ClH.Ti/c2*1-3(2)4;;;;/h2*3H,1-2H3;3*1H;/q2*-1;;;;+5/p-3. The first kappa shape index (κ1) is 19.1. The van der Waals surface area contributed by atoms with Gasteiger partial charge >= 0.3 is 42.6 Å². The van der Waals surface area contributed by atoms with E-state index in [0.717, 1.165) is 0 Å². The van der Waals surface area contributed by atoms with Gasteiger partial charge in [-0.2, -0.15) is 0 Å². The summed E-state index contributed by atoms with van der Waals surface area (Å²) >= 11 is -1.92. The molecule has 0 aromatic heterocycles. The van der Waals surface area contributed by atoms with Crippen LogP contribution < -0.4 is 10.2 Å². The molecule has 0 amide bonds. The number of rotatable bonds is 0. The first-order valence-corrected chi connectivity index (χ1v) is 9.79. The molecule has 0 saturated heterocycles. The van der Waals surface area contributed by atoms with Gasteiger partial charge in [0.05, 0.1) is 0 Å². The van der Waals surface area contributed by atoms with Crippen LogP contribution in [0, 0.1) is 0 Å². The van der Waals surface area contributed by atoms with Gasteiger partial charge < -0.3 is 10.2 Å². The summed E-state index contributed by atoms with van der Waals surface area (Å²) in [5, 5.41) is 19.1. The van der Waals surface area contributed by atoms with Gasteiger partial charge in [0, 0.05) is 0 Å². The molecule has 0 aliphatic rings. The molecule has 6 heteroatoms. The van der Waals surface area contributed by atoms with Gasteiger partial charge in [0.1, 0.15) is 0 Å². The first-order chi connectivity index (χ1) is 5.20. The summed E-state index contributed by atoms with van der Waals surface area (Å²) in [7, 11) is 14.9. The Morgan fingerprint density at radius 2 is 0.833 bits per heavy atom. The SMILES string of the molecule is CC(C)[O-].CC(C)[O-].[Cl][Ti+2]([Cl])[Cl]. The van der Waals surface area contributed by atoms with Crippen LogP contribution in [0.4, 0.5) is 0 Å². The first-order valence-electron chi connectivity index (χ1n) is 3.35. The van der Waals surface area contributed by atoms with Crippen LogP contribution in [-0.4, -0.2) is 12.2 Å². The Balaban J connectivity index is -0.000000101. The predicted octanol–water partition coefficient (Wildman–Crippen LogP) is 1.58. The molecule has 0 atom stereocenters. The zero-order valence-electron chi connectivity index (χ0n) is 7.61. The molecule has 0 bridgehead atoms. The van der Waals surface area contributed by atoms with Crippen molar-refractivity contribution in [3.05, 3.63) is 0 Å². The van der Waals surface area contributed by atoms with E-state index < -0.39 is 26.9 Å². The molecule has 2 nitrogen and oxygen atoms in total. The average molecular weight is 272 g/mol. The maximum absolute atomic E-state index is 9.53. The molecule has 0 heterocycles. The van der Waals surface area contributed by atoms with E-state index in [2.05, 4.69) is 0 Å². The summed E-state index contributed by atoms with van der Waals surface area (Å²) in [6.45, 7) is 6.44.